The lowest BCUT2D eigenvalue weighted by Gasteiger charge is -2.37. The van der Waals surface area contributed by atoms with Gasteiger partial charge in [0.15, 0.2) is 0 Å². The Kier molecular flexibility index (Phi) is 7.48. The standard InChI is InChI=1S/C21H34N4O3/c1-3-4-5-20-14-19(23-28-20)12-18-15-22-7-6-17(18)13-21(27)25-10-8-24(9-11-25)16(2)26/h14,17-18,22H,3-13,15H2,1-2H3/t17-,18-/m0/s1. The zero-order chi connectivity index (χ0) is 19.9. The van der Waals surface area contributed by atoms with E-state index in [4.69, 9.17) is 4.52 Å². The van der Waals surface area contributed by atoms with Crippen molar-refractivity contribution in [2.24, 2.45) is 11.8 Å². The Morgan fingerprint density at radius 1 is 1.21 bits per heavy atom. The Hall–Kier alpha value is -1.89. The summed E-state index contributed by atoms with van der Waals surface area (Å²) in [5.41, 5.74) is 1.01. The first kappa shape index (κ1) is 20.8. The molecule has 156 valence electrons. The van der Waals surface area contributed by atoms with Crippen LogP contribution in [-0.4, -0.2) is 66.0 Å². The van der Waals surface area contributed by atoms with E-state index in [0.717, 1.165) is 56.6 Å². The third-order valence-corrected chi connectivity index (χ3v) is 6.14. The van der Waals surface area contributed by atoms with Crippen LogP contribution in [-0.2, 0) is 22.4 Å². The zero-order valence-electron chi connectivity index (χ0n) is 17.3. The number of carbonyl (C=O) groups excluding carboxylic acids is 2. The zero-order valence-corrected chi connectivity index (χ0v) is 17.3. The second kappa shape index (κ2) is 10.0. The number of unbranched alkanes of at least 4 members (excludes halogenated alkanes) is 1. The minimum absolute atomic E-state index is 0.0939. The number of aryl methyl sites for hydroxylation is 1. The summed E-state index contributed by atoms with van der Waals surface area (Å²) >= 11 is 0. The number of nitrogens with zero attached hydrogens (tertiary/aromatic N) is 3. The van der Waals surface area contributed by atoms with Gasteiger partial charge in [-0.25, -0.2) is 0 Å². The van der Waals surface area contributed by atoms with E-state index in [1.54, 1.807) is 6.92 Å². The van der Waals surface area contributed by atoms with Crippen molar-refractivity contribution in [2.75, 3.05) is 39.3 Å². The predicted octanol–water partition coefficient (Wildman–Crippen LogP) is 1.87. The summed E-state index contributed by atoms with van der Waals surface area (Å²) in [5, 5.41) is 7.73. The van der Waals surface area contributed by atoms with Crippen LogP contribution in [0.4, 0.5) is 0 Å². The largest absolute Gasteiger partial charge is 0.361 e. The van der Waals surface area contributed by atoms with E-state index in [0.29, 0.717) is 44.4 Å². The van der Waals surface area contributed by atoms with Gasteiger partial charge in [-0.15, -0.1) is 0 Å². The molecule has 0 spiro atoms. The molecular weight excluding hydrogens is 356 g/mol. The Morgan fingerprint density at radius 3 is 2.68 bits per heavy atom. The fourth-order valence-electron chi connectivity index (χ4n) is 4.30. The Bertz CT molecular complexity index is 652. The molecule has 0 saturated carbocycles. The summed E-state index contributed by atoms with van der Waals surface area (Å²) in [6.07, 6.45) is 5.68. The van der Waals surface area contributed by atoms with Crippen LogP contribution in [0.5, 0.6) is 0 Å². The monoisotopic (exact) mass is 390 g/mol. The number of hydrogen-bond donors (Lipinski definition) is 1. The van der Waals surface area contributed by atoms with E-state index in [-0.39, 0.29) is 11.8 Å². The summed E-state index contributed by atoms with van der Waals surface area (Å²) in [6.45, 7) is 8.25. The number of carbonyl (C=O) groups is 2. The molecule has 0 aromatic carbocycles. The van der Waals surface area contributed by atoms with Crippen LogP contribution in [0, 0.1) is 11.8 Å². The molecule has 7 nitrogen and oxygen atoms in total. The highest BCUT2D eigenvalue weighted by Crippen LogP contribution is 2.27. The minimum Gasteiger partial charge on any atom is -0.361 e. The lowest BCUT2D eigenvalue weighted by Crippen LogP contribution is -2.51. The Balaban J connectivity index is 1.52. The number of piperazine rings is 1. The van der Waals surface area contributed by atoms with Gasteiger partial charge < -0.3 is 19.6 Å². The second-order valence-corrected chi connectivity index (χ2v) is 8.20. The van der Waals surface area contributed by atoms with Crippen LogP contribution in [0.3, 0.4) is 0 Å². The van der Waals surface area contributed by atoms with Crippen LogP contribution in [0.25, 0.3) is 0 Å². The number of aromatic nitrogens is 1. The van der Waals surface area contributed by atoms with Crippen molar-refractivity contribution in [2.45, 2.75) is 52.4 Å². The third-order valence-electron chi connectivity index (χ3n) is 6.14. The summed E-state index contributed by atoms with van der Waals surface area (Å²) in [4.78, 5) is 28.0. The molecule has 2 aliphatic heterocycles. The van der Waals surface area contributed by atoms with Gasteiger partial charge >= 0.3 is 0 Å². The molecule has 3 rings (SSSR count). The van der Waals surface area contributed by atoms with Gasteiger partial charge in [-0.3, -0.25) is 9.59 Å². The fourth-order valence-corrected chi connectivity index (χ4v) is 4.30. The van der Waals surface area contributed by atoms with Gasteiger partial charge in [-0.1, -0.05) is 18.5 Å². The van der Waals surface area contributed by atoms with Gasteiger partial charge in [0.1, 0.15) is 5.76 Å². The van der Waals surface area contributed by atoms with E-state index < -0.39 is 0 Å². The number of hydrogen-bond acceptors (Lipinski definition) is 5. The number of rotatable bonds is 7. The third kappa shape index (κ3) is 5.56. The first-order valence-corrected chi connectivity index (χ1v) is 10.7. The van der Waals surface area contributed by atoms with Crippen LogP contribution < -0.4 is 5.32 Å². The first-order chi connectivity index (χ1) is 13.6. The van der Waals surface area contributed by atoms with Crippen LogP contribution >= 0.6 is 0 Å². The average Bonchev–Trinajstić information content (AvgIpc) is 3.15. The van der Waals surface area contributed by atoms with E-state index in [2.05, 4.69) is 23.5 Å². The smallest absolute Gasteiger partial charge is 0.222 e. The molecular formula is C21H34N4O3. The van der Waals surface area contributed by atoms with Crippen molar-refractivity contribution < 1.29 is 14.1 Å². The normalized spacial score (nSPS) is 23.1. The maximum absolute atomic E-state index is 12.8. The predicted molar refractivity (Wildman–Crippen MR) is 107 cm³/mol. The molecule has 3 heterocycles. The lowest BCUT2D eigenvalue weighted by molar-refractivity contribution is -0.139. The van der Waals surface area contributed by atoms with Gasteiger partial charge in [0.05, 0.1) is 5.69 Å². The summed E-state index contributed by atoms with van der Waals surface area (Å²) in [7, 11) is 0. The number of nitrogens with one attached hydrogen (secondary N) is 1. The minimum atomic E-state index is 0.0939. The van der Waals surface area contributed by atoms with Crippen molar-refractivity contribution in [3.05, 3.63) is 17.5 Å². The first-order valence-electron chi connectivity index (χ1n) is 10.7. The number of piperidine rings is 1. The molecule has 2 fully saturated rings. The summed E-state index contributed by atoms with van der Waals surface area (Å²) in [5.74, 6) is 2.06. The lowest BCUT2D eigenvalue weighted by atomic mass is 9.81. The Labute approximate surface area is 167 Å². The second-order valence-electron chi connectivity index (χ2n) is 8.20. The van der Waals surface area contributed by atoms with E-state index in [1.807, 2.05) is 9.80 Å². The molecule has 0 radical (unpaired) electrons. The summed E-state index contributed by atoms with van der Waals surface area (Å²) < 4.78 is 5.47. The van der Waals surface area contributed by atoms with Crippen molar-refractivity contribution >= 4 is 11.8 Å². The quantitative estimate of drug-likeness (QED) is 0.769. The maximum atomic E-state index is 12.8. The van der Waals surface area contributed by atoms with Crippen LogP contribution in [0.2, 0.25) is 0 Å². The van der Waals surface area contributed by atoms with E-state index >= 15 is 0 Å². The fraction of sp³-hybridized carbons (Fsp3) is 0.762. The SMILES string of the molecule is CCCCc1cc(C[C@H]2CNCC[C@H]2CC(=O)N2CCN(C(C)=O)CC2)no1. The maximum Gasteiger partial charge on any atom is 0.222 e. The highest BCUT2D eigenvalue weighted by Gasteiger charge is 2.31. The molecule has 7 heteroatoms. The molecule has 2 aliphatic rings. The van der Waals surface area contributed by atoms with Gasteiger partial charge in [-0.2, -0.15) is 0 Å². The van der Waals surface area contributed by atoms with E-state index in [9.17, 15) is 9.59 Å². The highest BCUT2D eigenvalue weighted by atomic mass is 16.5. The molecule has 28 heavy (non-hydrogen) atoms. The molecule has 2 amide bonds. The average molecular weight is 391 g/mol. The summed E-state index contributed by atoms with van der Waals surface area (Å²) in [6, 6.07) is 2.09. The van der Waals surface area contributed by atoms with Crippen molar-refractivity contribution in [3.8, 4) is 0 Å². The molecule has 0 aliphatic carbocycles. The van der Waals surface area contributed by atoms with Crippen molar-refractivity contribution in [1.29, 1.82) is 0 Å². The molecule has 1 aromatic heterocycles. The van der Waals surface area contributed by atoms with Crippen molar-refractivity contribution in [3.63, 3.8) is 0 Å². The Morgan fingerprint density at radius 2 is 1.96 bits per heavy atom. The molecule has 1 aromatic rings. The molecule has 0 unspecified atom stereocenters. The van der Waals surface area contributed by atoms with E-state index in [1.165, 1.54) is 0 Å². The van der Waals surface area contributed by atoms with Gasteiger partial charge in [-0.05, 0) is 44.2 Å². The number of amides is 2. The van der Waals surface area contributed by atoms with Crippen molar-refractivity contribution in [1.82, 2.24) is 20.3 Å². The molecule has 2 atom stereocenters. The van der Waals surface area contributed by atoms with Gasteiger partial charge in [0, 0.05) is 52.0 Å². The van der Waals surface area contributed by atoms with Gasteiger partial charge in [0.25, 0.3) is 0 Å². The molecule has 0 bridgehead atoms. The van der Waals surface area contributed by atoms with Gasteiger partial charge in [0.2, 0.25) is 11.8 Å². The molecule has 1 N–H and O–H groups in total. The van der Waals surface area contributed by atoms with Crippen LogP contribution in [0.1, 0.15) is 51.0 Å². The topological polar surface area (TPSA) is 78.7 Å². The highest BCUT2D eigenvalue weighted by molar-refractivity contribution is 5.77. The van der Waals surface area contributed by atoms with Crippen LogP contribution in [0.15, 0.2) is 10.6 Å². The molecule has 2 saturated heterocycles.